The Kier molecular flexibility index (Phi) is 5.66. The molecule has 0 aromatic heterocycles. The van der Waals surface area contributed by atoms with Gasteiger partial charge in [0.05, 0.1) is 10.7 Å². The molecule has 9 heteroatoms. The van der Waals surface area contributed by atoms with Gasteiger partial charge in [-0.1, -0.05) is 0 Å². The third kappa shape index (κ3) is 5.06. The normalized spacial score (nSPS) is 10.9. The number of hydrazone groups is 1. The van der Waals surface area contributed by atoms with Crippen LogP contribution in [0.25, 0.3) is 0 Å². The Morgan fingerprint density at radius 3 is 2.50 bits per heavy atom. The second-order valence-corrected chi connectivity index (χ2v) is 4.63. The van der Waals surface area contributed by atoms with E-state index < -0.39 is 16.8 Å². The Balaban J connectivity index is 2.47. The van der Waals surface area contributed by atoms with Crippen LogP contribution in [0.5, 0.6) is 0 Å². The highest BCUT2D eigenvalue weighted by atomic mass is 32.2. The zero-order valence-electron chi connectivity index (χ0n) is 10.4. The van der Waals surface area contributed by atoms with Crippen molar-refractivity contribution in [1.29, 1.82) is 0 Å². The molecule has 8 nitrogen and oxygen atoms in total. The van der Waals surface area contributed by atoms with Crippen LogP contribution in [0.15, 0.2) is 34.3 Å². The summed E-state index contributed by atoms with van der Waals surface area (Å²) in [5.74, 6) is -1.66. The first-order valence-electron chi connectivity index (χ1n) is 5.34. The van der Waals surface area contributed by atoms with E-state index in [1.54, 1.807) is 0 Å². The second kappa shape index (κ2) is 7.24. The van der Waals surface area contributed by atoms with Crippen LogP contribution in [0, 0.1) is 10.1 Å². The van der Waals surface area contributed by atoms with Crippen molar-refractivity contribution >= 4 is 35.0 Å². The number of carbonyl (C=O) groups excluding carboxylic acids is 1. The number of nitrogens with zero attached hydrogens (tertiary/aromatic N) is 2. The molecule has 1 amide bonds. The molecule has 0 aliphatic heterocycles. The number of non-ortho nitro benzene ring substituents is 1. The lowest BCUT2D eigenvalue weighted by Crippen LogP contribution is -2.23. The number of carboxylic acid groups (broad SMARTS) is 1. The van der Waals surface area contributed by atoms with Gasteiger partial charge < -0.3 is 5.11 Å². The number of rotatable bonds is 6. The number of thioether (sulfide) groups is 1. The number of amides is 1. The number of nitro benzene ring substituents is 1. The van der Waals surface area contributed by atoms with E-state index in [1.165, 1.54) is 31.2 Å². The monoisotopic (exact) mass is 297 g/mol. The first-order valence-corrected chi connectivity index (χ1v) is 6.32. The molecule has 0 saturated carbocycles. The number of nitro groups is 1. The van der Waals surface area contributed by atoms with Crippen molar-refractivity contribution in [3.8, 4) is 0 Å². The molecule has 0 heterocycles. The molecule has 1 rings (SSSR count). The molecule has 1 aromatic carbocycles. The summed E-state index contributed by atoms with van der Waals surface area (Å²) in [6.07, 6.45) is 0. The molecule has 0 bridgehead atoms. The van der Waals surface area contributed by atoms with Crippen LogP contribution in [0.1, 0.15) is 6.92 Å². The minimum atomic E-state index is -1.21. The summed E-state index contributed by atoms with van der Waals surface area (Å²) >= 11 is 1.16. The van der Waals surface area contributed by atoms with Crippen molar-refractivity contribution in [3.63, 3.8) is 0 Å². The molecule has 0 radical (unpaired) electrons. The summed E-state index contributed by atoms with van der Waals surface area (Å²) in [5, 5.41) is 22.4. The molecule has 1 aromatic rings. The van der Waals surface area contributed by atoms with Gasteiger partial charge in [0.15, 0.2) is 0 Å². The minimum absolute atomic E-state index is 0.0220. The lowest BCUT2D eigenvalue weighted by Gasteiger charge is -2.01. The zero-order chi connectivity index (χ0) is 15.1. The molecule has 0 saturated heterocycles. The van der Waals surface area contributed by atoms with Gasteiger partial charge in [0.1, 0.15) is 5.71 Å². The van der Waals surface area contributed by atoms with E-state index in [4.69, 9.17) is 5.11 Å². The third-order valence-corrected chi connectivity index (χ3v) is 3.09. The van der Waals surface area contributed by atoms with Gasteiger partial charge in [-0.3, -0.25) is 14.9 Å². The average Bonchev–Trinajstić information content (AvgIpc) is 2.42. The van der Waals surface area contributed by atoms with E-state index in [0.717, 1.165) is 11.8 Å². The topological polar surface area (TPSA) is 122 Å². The molecule has 0 spiro atoms. The van der Waals surface area contributed by atoms with Crippen molar-refractivity contribution < 1.29 is 19.6 Å². The number of carbonyl (C=O) groups is 2. The van der Waals surface area contributed by atoms with Gasteiger partial charge in [0, 0.05) is 17.0 Å². The Labute approximate surface area is 118 Å². The maximum Gasteiger partial charge on any atom is 0.351 e. The fourth-order valence-electron chi connectivity index (χ4n) is 1.04. The predicted octanol–water partition coefficient (Wildman–Crippen LogP) is 1.26. The van der Waals surface area contributed by atoms with Crippen LogP contribution < -0.4 is 5.43 Å². The third-order valence-electron chi connectivity index (χ3n) is 2.08. The summed E-state index contributed by atoms with van der Waals surface area (Å²) < 4.78 is 0. The zero-order valence-corrected chi connectivity index (χ0v) is 11.2. The number of aliphatic carboxylic acids is 1. The number of nitrogens with one attached hydrogen (secondary N) is 1. The smallest absolute Gasteiger partial charge is 0.351 e. The largest absolute Gasteiger partial charge is 0.477 e. The fourth-order valence-corrected chi connectivity index (χ4v) is 1.73. The highest BCUT2D eigenvalue weighted by Crippen LogP contribution is 2.20. The number of benzene rings is 1. The SMILES string of the molecule is C/C(=N\NC(=O)CSc1ccc([N+](=O)[O-])cc1)C(=O)O. The Hall–Kier alpha value is -2.42. The average molecular weight is 297 g/mol. The maximum atomic E-state index is 11.4. The van der Waals surface area contributed by atoms with Gasteiger partial charge in [-0.2, -0.15) is 5.10 Å². The van der Waals surface area contributed by atoms with E-state index in [0.29, 0.717) is 4.90 Å². The minimum Gasteiger partial charge on any atom is -0.477 e. The summed E-state index contributed by atoms with van der Waals surface area (Å²) in [4.78, 5) is 32.4. The van der Waals surface area contributed by atoms with Crippen molar-refractivity contribution in [2.75, 3.05) is 5.75 Å². The molecular weight excluding hydrogens is 286 g/mol. The quantitative estimate of drug-likeness (QED) is 0.353. The fraction of sp³-hybridized carbons (Fsp3) is 0.182. The Bertz CT molecular complexity index is 556. The summed E-state index contributed by atoms with van der Waals surface area (Å²) in [6, 6.07) is 5.74. The lowest BCUT2D eigenvalue weighted by molar-refractivity contribution is -0.384. The Morgan fingerprint density at radius 1 is 1.40 bits per heavy atom. The number of hydrogen-bond acceptors (Lipinski definition) is 6. The maximum absolute atomic E-state index is 11.4. The van der Waals surface area contributed by atoms with Gasteiger partial charge >= 0.3 is 5.97 Å². The molecule has 0 aliphatic carbocycles. The van der Waals surface area contributed by atoms with Crippen LogP contribution in [0.4, 0.5) is 5.69 Å². The standard InChI is InChI=1S/C11H11N3O5S/c1-7(11(16)17)12-13-10(15)6-20-9-4-2-8(3-5-9)14(18)19/h2-5H,6H2,1H3,(H,13,15)(H,16,17)/b12-7+. The van der Waals surface area contributed by atoms with E-state index >= 15 is 0 Å². The summed E-state index contributed by atoms with van der Waals surface area (Å²) in [6.45, 7) is 1.26. The van der Waals surface area contributed by atoms with Crippen LogP contribution >= 0.6 is 11.8 Å². The molecule has 106 valence electrons. The van der Waals surface area contributed by atoms with E-state index in [1.807, 2.05) is 0 Å². The van der Waals surface area contributed by atoms with Gasteiger partial charge in [-0.05, 0) is 19.1 Å². The van der Waals surface area contributed by atoms with Gasteiger partial charge in [-0.15, -0.1) is 11.8 Å². The summed E-state index contributed by atoms with van der Waals surface area (Å²) in [5.41, 5.74) is 1.85. The van der Waals surface area contributed by atoms with Crippen molar-refractivity contribution in [2.45, 2.75) is 11.8 Å². The van der Waals surface area contributed by atoms with E-state index in [2.05, 4.69) is 10.5 Å². The molecule has 0 unspecified atom stereocenters. The highest BCUT2D eigenvalue weighted by molar-refractivity contribution is 8.00. The molecular formula is C11H11N3O5S. The molecule has 2 N–H and O–H groups in total. The first-order chi connectivity index (χ1) is 9.40. The van der Waals surface area contributed by atoms with E-state index in [9.17, 15) is 19.7 Å². The molecule has 20 heavy (non-hydrogen) atoms. The molecule has 0 aliphatic rings. The summed E-state index contributed by atoms with van der Waals surface area (Å²) in [7, 11) is 0. The molecule has 0 fully saturated rings. The van der Waals surface area contributed by atoms with Crippen LogP contribution in [-0.2, 0) is 9.59 Å². The van der Waals surface area contributed by atoms with Gasteiger partial charge in [0.25, 0.3) is 5.69 Å². The second-order valence-electron chi connectivity index (χ2n) is 3.58. The Morgan fingerprint density at radius 2 is 2.00 bits per heavy atom. The van der Waals surface area contributed by atoms with Gasteiger partial charge in [-0.25, -0.2) is 10.2 Å². The van der Waals surface area contributed by atoms with Crippen LogP contribution in [-0.4, -0.2) is 33.4 Å². The van der Waals surface area contributed by atoms with Crippen molar-refractivity contribution in [3.05, 3.63) is 34.4 Å². The predicted molar refractivity (Wildman–Crippen MR) is 72.7 cm³/mol. The van der Waals surface area contributed by atoms with Crippen LogP contribution in [0.3, 0.4) is 0 Å². The van der Waals surface area contributed by atoms with Crippen molar-refractivity contribution in [1.82, 2.24) is 5.43 Å². The molecule has 0 atom stereocenters. The van der Waals surface area contributed by atoms with Crippen molar-refractivity contribution in [2.24, 2.45) is 5.10 Å². The number of hydrogen-bond donors (Lipinski definition) is 2. The van der Waals surface area contributed by atoms with Gasteiger partial charge in [0.2, 0.25) is 5.91 Å². The lowest BCUT2D eigenvalue weighted by atomic mass is 10.3. The number of carboxylic acids is 1. The van der Waals surface area contributed by atoms with Crippen LogP contribution in [0.2, 0.25) is 0 Å². The van der Waals surface area contributed by atoms with E-state index in [-0.39, 0.29) is 17.2 Å². The first kappa shape index (κ1) is 15.6. The highest BCUT2D eigenvalue weighted by Gasteiger charge is 2.07.